The lowest BCUT2D eigenvalue weighted by atomic mass is 9.95. The predicted molar refractivity (Wildman–Crippen MR) is 118 cm³/mol. The van der Waals surface area contributed by atoms with Crippen LogP contribution in [0, 0.1) is 6.92 Å². The van der Waals surface area contributed by atoms with Crippen LogP contribution in [0.4, 0.5) is 5.69 Å². The molecule has 1 amide bonds. The number of nitrogens with zero attached hydrogens (tertiary/aromatic N) is 1. The minimum absolute atomic E-state index is 0.169. The summed E-state index contributed by atoms with van der Waals surface area (Å²) >= 11 is 0. The lowest BCUT2D eigenvalue weighted by Gasteiger charge is -2.33. The van der Waals surface area contributed by atoms with Crippen molar-refractivity contribution in [2.45, 2.75) is 56.9 Å². The second kappa shape index (κ2) is 10.1. The van der Waals surface area contributed by atoms with Crippen LogP contribution in [0.3, 0.4) is 0 Å². The van der Waals surface area contributed by atoms with E-state index in [0.29, 0.717) is 18.0 Å². The van der Waals surface area contributed by atoms with Crippen LogP contribution >= 0.6 is 0 Å². The quantitative estimate of drug-likeness (QED) is 0.675. The van der Waals surface area contributed by atoms with Crippen molar-refractivity contribution < 1.29 is 17.9 Å². The summed E-state index contributed by atoms with van der Waals surface area (Å²) in [4.78, 5) is 13.0. The predicted octanol–water partition coefficient (Wildman–Crippen LogP) is 4.36. The van der Waals surface area contributed by atoms with Crippen molar-refractivity contribution in [3.8, 4) is 5.75 Å². The van der Waals surface area contributed by atoms with E-state index in [0.717, 1.165) is 37.7 Å². The number of ether oxygens (including phenoxy) is 1. The summed E-state index contributed by atoms with van der Waals surface area (Å²) < 4.78 is 33.7. The van der Waals surface area contributed by atoms with Crippen LogP contribution in [-0.2, 0) is 14.8 Å². The maximum atomic E-state index is 13.5. The lowest BCUT2D eigenvalue weighted by Crippen LogP contribution is -2.45. The van der Waals surface area contributed by atoms with Crippen LogP contribution in [0.5, 0.6) is 5.75 Å². The van der Waals surface area contributed by atoms with Gasteiger partial charge in [0, 0.05) is 11.7 Å². The fourth-order valence-corrected chi connectivity index (χ4v) is 5.48. The zero-order valence-electron chi connectivity index (χ0n) is 17.6. The Morgan fingerprint density at radius 2 is 1.73 bits per heavy atom. The number of hydrogen-bond donors (Lipinski definition) is 1. The van der Waals surface area contributed by atoms with E-state index in [4.69, 9.17) is 4.74 Å². The third-order valence-corrected chi connectivity index (χ3v) is 7.35. The largest absolute Gasteiger partial charge is 0.494 e. The van der Waals surface area contributed by atoms with Crippen molar-refractivity contribution in [2.24, 2.45) is 0 Å². The number of benzene rings is 2. The first-order chi connectivity index (χ1) is 14.4. The van der Waals surface area contributed by atoms with Gasteiger partial charge >= 0.3 is 0 Å². The Hall–Kier alpha value is -2.38. The van der Waals surface area contributed by atoms with Crippen LogP contribution < -0.4 is 10.1 Å². The topological polar surface area (TPSA) is 75.7 Å². The van der Waals surface area contributed by atoms with Gasteiger partial charge in [-0.15, -0.1) is 0 Å². The molecular weight excluding hydrogens is 400 g/mol. The van der Waals surface area contributed by atoms with Gasteiger partial charge in [0.25, 0.3) is 0 Å². The molecule has 0 spiro atoms. The van der Waals surface area contributed by atoms with E-state index in [-0.39, 0.29) is 23.4 Å². The minimum Gasteiger partial charge on any atom is -0.494 e. The molecule has 0 bridgehead atoms. The number of para-hydroxylation sites is 1. The SMILES string of the molecule is CCOc1ccc(S(=O)(=O)N(CC(=O)Nc2ccccc2C)C2CCCCC2)cc1. The van der Waals surface area contributed by atoms with Crippen molar-refractivity contribution in [1.29, 1.82) is 0 Å². The highest BCUT2D eigenvalue weighted by molar-refractivity contribution is 7.89. The molecule has 0 saturated heterocycles. The van der Waals surface area contributed by atoms with Crippen molar-refractivity contribution in [2.75, 3.05) is 18.5 Å². The molecule has 1 fully saturated rings. The van der Waals surface area contributed by atoms with Crippen LogP contribution in [0.15, 0.2) is 53.4 Å². The number of amides is 1. The maximum Gasteiger partial charge on any atom is 0.243 e. The molecule has 1 N–H and O–H groups in total. The molecule has 0 unspecified atom stereocenters. The van der Waals surface area contributed by atoms with Gasteiger partial charge in [0.2, 0.25) is 15.9 Å². The van der Waals surface area contributed by atoms with Gasteiger partial charge in [0.05, 0.1) is 18.0 Å². The van der Waals surface area contributed by atoms with Crippen molar-refractivity contribution in [1.82, 2.24) is 4.31 Å². The Morgan fingerprint density at radius 1 is 1.07 bits per heavy atom. The van der Waals surface area contributed by atoms with Gasteiger partial charge in [-0.05, 0) is 62.6 Å². The van der Waals surface area contributed by atoms with Gasteiger partial charge < -0.3 is 10.1 Å². The van der Waals surface area contributed by atoms with E-state index in [1.165, 1.54) is 4.31 Å². The Morgan fingerprint density at radius 3 is 2.37 bits per heavy atom. The van der Waals surface area contributed by atoms with Crippen LogP contribution in [0.25, 0.3) is 0 Å². The first-order valence-corrected chi connectivity index (χ1v) is 12.0. The fraction of sp³-hybridized carbons (Fsp3) is 0.435. The third-order valence-electron chi connectivity index (χ3n) is 5.44. The van der Waals surface area contributed by atoms with Gasteiger partial charge in [-0.1, -0.05) is 37.5 Å². The average molecular weight is 431 g/mol. The van der Waals surface area contributed by atoms with E-state index in [1.807, 2.05) is 38.1 Å². The third kappa shape index (κ3) is 5.40. The molecule has 162 valence electrons. The number of nitrogens with one attached hydrogen (secondary N) is 1. The molecule has 2 aromatic rings. The summed E-state index contributed by atoms with van der Waals surface area (Å²) in [5.74, 6) is 0.294. The molecule has 2 aromatic carbocycles. The minimum atomic E-state index is -3.81. The monoisotopic (exact) mass is 430 g/mol. The lowest BCUT2D eigenvalue weighted by molar-refractivity contribution is -0.116. The van der Waals surface area contributed by atoms with Gasteiger partial charge in [-0.25, -0.2) is 8.42 Å². The summed E-state index contributed by atoms with van der Waals surface area (Å²) in [6.07, 6.45) is 4.59. The zero-order chi connectivity index (χ0) is 21.6. The molecule has 0 heterocycles. The molecule has 0 aromatic heterocycles. The highest BCUT2D eigenvalue weighted by Crippen LogP contribution is 2.28. The molecule has 6 nitrogen and oxygen atoms in total. The Balaban J connectivity index is 1.84. The molecule has 0 radical (unpaired) electrons. The van der Waals surface area contributed by atoms with E-state index in [2.05, 4.69) is 5.32 Å². The van der Waals surface area contributed by atoms with E-state index in [9.17, 15) is 13.2 Å². The number of anilines is 1. The second-order valence-corrected chi connectivity index (χ2v) is 9.50. The number of rotatable bonds is 8. The highest BCUT2D eigenvalue weighted by Gasteiger charge is 2.34. The number of sulfonamides is 1. The molecule has 30 heavy (non-hydrogen) atoms. The maximum absolute atomic E-state index is 13.5. The fourth-order valence-electron chi connectivity index (χ4n) is 3.83. The van der Waals surface area contributed by atoms with Gasteiger partial charge in [0.1, 0.15) is 5.75 Å². The van der Waals surface area contributed by atoms with Crippen LogP contribution in [-0.4, -0.2) is 37.8 Å². The average Bonchev–Trinajstić information content (AvgIpc) is 2.75. The van der Waals surface area contributed by atoms with Crippen molar-refractivity contribution >= 4 is 21.6 Å². The molecule has 7 heteroatoms. The summed E-state index contributed by atoms with van der Waals surface area (Å²) in [5.41, 5.74) is 1.63. The van der Waals surface area contributed by atoms with Crippen molar-refractivity contribution in [3.05, 3.63) is 54.1 Å². The smallest absolute Gasteiger partial charge is 0.243 e. The number of carbonyl (C=O) groups excluding carboxylic acids is 1. The zero-order valence-corrected chi connectivity index (χ0v) is 18.5. The highest BCUT2D eigenvalue weighted by atomic mass is 32.2. The molecule has 1 aliphatic rings. The van der Waals surface area contributed by atoms with Gasteiger partial charge in [0.15, 0.2) is 0 Å². The molecule has 1 aliphatic carbocycles. The van der Waals surface area contributed by atoms with Gasteiger partial charge in [-0.2, -0.15) is 4.31 Å². The molecule has 1 saturated carbocycles. The normalized spacial score (nSPS) is 15.2. The number of hydrogen-bond acceptors (Lipinski definition) is 4. The van der Waals surface area contributed by atoms with Crippen LogP contribution in [0.2, 0.25) is 0 Å². The summed E-state index contributed by atoms with van der Waals surface area (Å²) in [6, 6.07) is 13.7. The van der Waals surface area contributed by atoms with E-state index in [1.54, 1.807) is 24.3 Å². The summed E-state index contributed by atoms with van der Waals surface area (Å²) in [7, 11) is -3.81. The molecule has 0 atom stereocenters. The van der Waals surface area contributed by atoms with Crippen LogP contribution in [0.1, 0.15) is 44.6 Å². The first kappa shape index (κ1) is 22.3. The molecular formula is C23H30N2O4S. The Bertz CT molecular complexity index is 951. The molecule has 0 aliphatic heterocycles. The standard InChI is InChI=1S/C23H30N2O4S/c1-3-29-20-13-15-21(16-14-20)30(27,28)25(19-10-5-4-6-11-19)17-23(26)24-22-12-8-7-9-18(22)2/h7-9,12-16,19H,3-6,10-11,17H2,1-2H3,(H,24,26). The first-order valence-electron chi connectivity index (χ1n) is 10.5. The Kier molecular flexibility index (Phi) is 7.50. The summed E-state index contributed by atoms with van der Waals surface area (Å²) in [6.45, 7) is 4.10. The van der Waals surface area contributed by atoms with Gasteiger partial charge in [-0.3, -0.25) is 4.79 Å². The molecule has 3 rings (SSSR count). The summed E-state index contributed by atoms with van der Waals surface area (Å²) in [5, 5.41) is 2.86. The van der Waals surface area contributed by atoms with Crippen molar-refractivity contribution in [3.63, 3.8) is 0 Å². The van der Waals surface area contributed by atoms with E-state index < -0.39 is 10.0 Å². The Labute approximate surface area is 179 Å². The number of aryl methyl sites for hydroxylation is 1. The van der Waals surface area contributed by atoms with E-state index >= 15 is 0 Å². The number of carbonyl (C=O) groups is 1. The second-order valence-electron chi connectivity index (χ2n) is 7.61.